The monoisotopic (exact) mass is 544 g/mol. The lowest BCUT2D eigenvalue weighted by atomic mass is 9.78. The first kappa shape index (κ1) is 25.7. The highest BCUT2D eigenvalue weighted by Gasteiger charge is 2.53. The van der Waals surface area contributed by atoms with Crippen LogP contribution in [0.2, 0.25) is 0 Å². The maximum atomic E-state index is 13.3. The van der Waals surface area contributed by atoms with Gasteiger partial charge >= 0.3 is 0 Å². The second-order valence-corrected chi connectivity index (χ2v) is 12.4. The number of hydrogen-bond acceptors (Lipinski definition) is 7. The number of rotatable bonds is 5. The number of morpholine rings is 1. The van der Waals surface area contributed by atoms with E-state index in [2.05, 4.69) is 49.1 Å². The molecule has 212 valence electrons. The standard InChI is InChI=1S/C31H40N6O3/c1-20-28(21(2)37-30(32-20)33-22(3)34-37)40-27-12-15-35(18-27)26-10-8-24(9-11-26)23-4-6-25(7-5-23)29(38)36-16-17-39-19-31(36)13-14-31/h8-11,23,25,27H,4-7,12-19H2,1-3H3/t23-,25-,27-/m1/s1. The Balaban J connectivity index is 0.946. The Bertz CT molecular complexity index is 1410. The molecular formula is C31H40N6O3. The van der Waals surface area contributed by atoms with Gasteiger partial charge in [0.2, 0.25) is 5.91 Å². The molecule has 2 aliphatic heterocycles. The van der Waals surface area contributed by atoms with Gasteiger partial charge in [0.15, 0.2) is 5.75 Å². The summed E-state index contributed by atoms with van der Waals surface area (Å²) in [6.07, 6.45) is 7.48. The molecule has 4 aliphatic rings. The minimum Gasteiger partial charge on any atom is -0.485 e. The van der Waals surface area contributed by atoms with E-state index in [0.717, 1.165) is 88.3 Å². The topological polar surface area (TPSA) is 85.1 Å². The molecule has 2 aromatic heterocycles. The molecule has 3 aromatic rings. The lowest BCUT2D eigenvalue weighted by Gasteiger charge is -2.39. The minimum absolute atomic E-state index is 0.0418. The molecule has 40 heavy (non-hydrogen) atoms. The van der Waals surface area contributed by atoms with Crippen LogP contribution in [0.15, 0.2) is 24.3 Å². The second-order valence-electron chi connectivity index (χ2n) is 12.4. The van der Waals surface area contributed by atoms with Gasteiger partial charge in [-0.15, -0.1) is 5.10 Å². The largest absolute Gasteiger partial charge is 0.485 e. The Kier molecular flexibility index (Phi) is 6.45. The lowest BCUT2D eigenvalue weighted by Crippen LogP contribution is -2.52. The van der Waals surface area contributed by atoms with Crippen molar-refractivity contribution in [3.05, 3.63) is 47.0 Å². The van der Waals surface area contributed by atoms with Crippen molar-refractivity contribution in [1.82, 2.24) is 24.5 Å². The minimum atomic E-state index is 0.0418. The van der Waals surface area contributed by atoms with Crippen molar-refractivity contribution in [3.63, 3.8) is 0 Å². The Morgan fingerprint density at radius 3 is 2.52 bits per heavy atom. The van der Waals surface area contributed by atoms with E-state index in [1.807, 2.05) is 20.8 Å². The van der Waals surface area contributed by atoms with E-state index in [4.69, 9.17) is 9.47 Å². The van der Waals surface area contributed by atoms with Gasteiger partial charge in [0, 0.05) is 31.1 Å². The van der Waals surface area contributed by atoms with Crippen LogP contribution in [0.4, 0.5) is 5.69 Å². The van der Waals surface area contributed by atoms with Crippen LogP contribution in [-0.2, 0) is 9.53 Å². The maximum Gasteiger partial charge on any atom is 0.253 e. The first-order valence-corrected chi connectivity index (χ1v) is 15.0. The predicted octanol–water partition coefficient (Wildman–Crippen LogP) is 4.37. The molecule has 1 aromatic carbocycles. The highest BCUT2D eigenvalue weighted by Crippen LogP contribution is 2.46. The third-order valence-corrected chi connectivity index (χ3v) is 9.67. The zero-order chi connectivity index (χ0) is 27.4. The lowest BCUT2D eigenvalue weighted by molar-refractivity contribution is -0.147. The van der Waals surface area contributed by atoms with E-state index in [-0.39, 0.29) is 17.6 Å². The number of anilines is 1. The number of carbonyl (C=O) groups excluding carboxylic acids is 1. The van der Waals surface area contributed by atoms with Crippen molar-refractivity contribution < 1.29 is 14.3 Å². The smallest absolute Gasteiger partial charge is 0.253 e. The number of fused-ring (bicyclic) bond motifs is 1. The zero-order valence-corrected chi connectivity index (χ0v) is 23.9. The summed E-state index contributed by atoms with van der Waals surface area (Å²) in [6, 6.07) is 9.14. The number of carbonyl (C=O) groups is 1. The van der Waals surface area contributed by atoms with Gasteiger partial charge in [-0.05, 0) is 82.9 Å². The van der Waals surface area contributed by atoms with Crippen LogP contribution in [0.1, 0.15) is 73.6 Å². The van der Waals surface area contributed by atoms with Gasteiger partial charge in [-0.2, -0.15) is 9.50 Å². The Labute approximate surface area is 235 Å². The van der Waals surface area contributed by atoms with E-state index in [0.29, 0.717) is 30.0 Å². The van der Waals surface area contributed by atoms with E-state index in [1.165, 1.54) is 11.3 Å². The van der Waals surface area contributed by atoms with Crippen LogP contribution in [0, 0.1) is 26.7 Å². The summed E-state index contributed by atoms with van der Waals surface area (Å²) in [6.45, 7) is 9.90. The molecule has 1 amide bonds. The van der Waals surface area contributed by atoms with Crippen LogP contribution < -0.4 is 9.64 Å². The molecule has 4 fully saturated rings. The fraction of sp³-hybridized carbons (Fsp3) is 0.613. The van der Waals surface area contributed by atoms with Crippen molar-refractivity contribution in [2.24, 2.45) is 5.92 Å². The summed E-state index contributed by atoms with van der Waals surface area (Å²) in [5.74, 6) is 3.26. The molecule has 9 heteroatoms. The van der Waals surface area contributed by atoms with Gasteiger partial charge in [0.25, 0.3) is 5.78 Å². The molecule has 2 saturated carbocycles. The molecule has 1 atom stereocenters. The van der Waals surface area contributed by atoms with Gasteiger partial charge in [-0.3, -0.25) is 4.79 Å². The SMILES string of the molecule is Cc1nc2nc(C)c(O[C@@H]3CCN(c4ccc([C@H]5CC[C@H](C(=O)N6CCOCC67CC7)CC5)cc4)C3)c(C)n2n1. The molecule has 0 unspecified atom stereocenters. The second kappa shape index (κ2) is 10.0. The van der Waals surface area contributed by atoms with Crippen LogP contribution >= 0.6 is 0 Å². The number of nitrogens with zero attached hydrogens (tertiary/aromatic N) is 6. The molecule has 7 rings (SSSR count). The average Bonchev–Trinajstić information content (AvgIpc) is 3.38. The van der Waals surface area contributed by atoms with Crippen LogP contribution in [-0.4, -0.2) is 74.9 Å². The number of benzene rings is 1. The summed E-state index contributed by atoms with van der Waals surface area (Å²) in [5, 5.41) is 4.47. The van der Waals surface area contributed by atoms with Gasteiger partial charge in [0.05, 0.1) is 36.7 Å². The molecule has 2 saturated heterocycles. The molecular weight excluding hydrogens is 504 g/mol. The molecule has 0 N–H and O–H groups in total. The van der Waals surface area contributed by atoms with Crippen LogP contribution in [0.5, 0.6) is 5.75 Å². The fourth-order valence-electron chi connectivity index (χ4n) is 7.14. The third-order valence-electron chi connectivity index (χ3n) is 9.67. The highest BCUT2D eigenvalue weighted by molar-refractivity contribution is 5.80. The average molecular weight is 545 g/mol. The normalized spacial score (nSPS) is 26.0. The molecule has 1 spiro atoms. The molecule has 0 bridgehead atoms. The van der Waals surface area contributed by atoms with Crippen molar-refractivity contribution >= 4 is 17.4 Å². The zero-order valence-electron chi connectivity index (χ0n) is 23.9. The number of aryl methyl sites for hydroxylation is 3. The summed E-state index contributed by atoms with van der Waals surface area (Å²) >= 11 is 0. The highest BCUT2D eigenvalue weighted by atomic mass is 16.5. The Morgan fingerprint density at radius 1 is 1.00 bits per heavy atom. The molecule has 4 heterocycles. The Hall–Kier alpha value is -3.20. The van der Waals surface area contributed by atoms with Gasteiger partial charge in [0.1, 0.15) is 11.9 Å². The fourth-order valence-corrected chi connectivity index (χ4v) is 7.14. The Morgan fingerprint density at radius 2 is 1.77 bits per heavy atom. The van der Waals surface area contributed by atoms with Crippen LogP contribution in [0.25, 0.3) is 5.78 Å². The first-order valence-electron chi connectivity index (χ1n) is 15.0. The van der Waals surface area contributed by atoms with Crippen molar-refractivity contribution in [2.75, 3.05) is 37.7 Å². The van der Waals surface area contributed by atoms with Crippen molar-refractivity contribution in [2.45, 2.75) is 83.3 Å². The molecule has 0 radical (unpaired) electrons. The van der Waals surface area contributed by atoms with Gasteiger partial charge in [-0.1, -0.05) is 12.1 Å². The van der Waals surface area contributed by atoms with Crippen LogP contribution in [0.3, 0.4) is 0 Å². The summed E-state index contributed by atoms with van der Waals surface area (Å²) in [5.41, 5.74) is 4.49. The van der Waals surface area contributed by atoms with Gasteiger partial charge in [-0.25, -0.2) is 4.98 Å². The number of ether oxygens (including phenoxy) is 2. The van der Waals surface area contributed by atoms with E-state index in [1.54, 1.807) is 4.52 Å². The third kappa shape index (κ3) is 4.62. The maximum absolute atomic E-state index is 13.3. The predicted molar refractivity (Wildman–Crippen MR) is 152 cm³/mol. The van der Waals surface area contributed by atoms with Crippen molar-refractivity contribution in [1.29, 1.82) is 0 Å². The summed E-state index contributed by atoms with van der Waals surface area (Å²) < 4.78 is 13.9. The van der Waals surface area contributed by atoms with E-state index in [9.17, 15) is 4.79 Å². The molecule has 9 nitrogen and oxygen atoms in total. The van der Waals surface area contributed by atoms with E-state index < -0.39 is 0 Å². The van der Waals surface area contributed by atoms with Gasteiger partial charge < -0.3 is 19.3 Å². The quantitative estimate of drug-likeness (QED) is 0.472. The summed E-state index contributed by atoms with van der Waals surface area (Å²) in [4.78, 5) is 26.9. The molecule has 2 aliphatic carbocycles. The number of amides is 1. The summed E-state index contributed by atoms with van der Waals surface area (Å²) in [7, 11) is 0. The van der Waals surface area contributed by atoms with E-state index >= 15 is 0 Å². The van der Waals surface area contributed by atoms with Crippen molar-refractivity contribution in [3.8, 4) is 5.75 Å². The first-order chi connectivity index (χ1) is 19.4. The number of hydrogen-bond donors (Lipinski definition) is 0. The number of aromatic nitrogens is 4.